The Bertz CT molecular complexity index is 607. The molecule has 0 amide bonds. The minimum Gasteiger partial charge on any atom is -0.494 e. The van der Waals surface area contributed by atoms with Gasteiger partial charge >= 0.3 is 0 Å². The van der Waals surface area contributed by atoms with E-state index in [0.717, 1.165) is 30.5 Å². The summed E-state index contributed by atoms with van der Waals surface area (Å²) < 4.78 is 20.3. The van der Waals surface area contributed by atoms with E-state index >= 15 is 0 Å². The molecule has 2 N–H and O–H groups in total. The lowest BCUT2D eigenvalue weighted by molar-refractivity contribution is 0.386. The number of anilines is 1. The van der Waals surface area contributed by atoms with Gasteiger partial charge in [-0.3, -0.25) is 0 Å². The second kappa shape index (κ2) is 4.01. The van der Waals surface area contributed by atoms with E-state index in [2.05, 4.69) is 5.10 Å². The topological polar surface area (TPSA) is 53.1 Å². The van der Waals surface area contributed by atoms with Gasteiger partial charge in [0.1, 0.15) is 5.82 Å². The fourth-order valence-electron chi connectivity index (χ4n) is 2.47. The Balaban J connectivity index is 2.10. The summed E-state index contributed by atoms with van der Waals surface area (Å²) in [7, 11) is 1.45. The molecule has 5 heteroatoms. The van der Waals surface area contributed by atoms with Gasteiger partial charge in [-0.2, -0.15) is 5.10 Å². The van der Waals surface area contributed by atoms with Gasteiger partial charge in [-0.1, -0.05) is 0 Å². The number of nitrogen functional groups attached to an aromatic ring is 1. The van der Waals surface area contributed by atoms with Crippen LogP contribution in [0.4, 0.5) is 10.2 Å². The number of halogens is 1. The predicted octanol–water partition coefficient (Wildman–Crippen LogP) is 2.09. The molecule has 1 aromatic carbocycles. The van der Waals surface area contributed by atoms with Crippen molar-refractivity contribution in [2.75, 3.05) is 12.8 Å². The molecule has 1 aliphatic carbocycles. The van der Waals surface area contributed by atoms with Crippen molar-refractivity contribution in [1.29, 1.82) is 0 Å². The van der Waals surface area contributed by atoms with Crippen molar-refractivity contribution in [3.8, 4) is 11.4 Å². The Morgan fingerprint density at radius 3 is 2.94 bits per heavy atom. The molecule has 0 spiro atoms. The van der Waals surface area contributed by atoms with Gasteiger partial charge in [-0.05, 0) is 31.4 Å². The molecule has 0 fully saturated rings. The van der Waals surface area contributed by atoms with E-state index in [1.165, 1.54) is 13.2 Å². The van der Waals surface area contributed by atoms with Gasteiger partial charge in [0.15, 0.2) is 11.6 Å². The highest BCUT2D eigenvalue weighted by Gasteiger charge is 2.22. The highest BCUT2D eigenvalue weighted by Crippen LogP contribution is 2.30. The van der Waals surface area contributed by atoms with Crippen molar-refractivity contribution in [2.24, 2.45) is 0 Å². The molecule has 4 nitrogen and oxygen atoms in total. The number of hydrogen-bond acceptors (Lipinski definition) is 3. The third kappa shape index (κ3) is 1.54. The lowest BCUT2D eigenvalue weighted by Crippen LogP contribution is -2.02. The Labute approximate surface area is 104 Å². The van der Waals surface area contributed by atoms with E-state index in [0.29, 0.717) is 11.5 Å². The molecular formula is C13H14FN3O. The molecule has 0 saturated heterocycles. The van der Waals surface area contributed by atoms with E-state index in [-0.39, 0.29) is 5.75 Å². The summed E-state index contributed by atoms with van der Waals surface area (Å²) >= 11 is 0. The first-order chi connectivity index (χ1) is 8.70. The third-order valence-corrected chi connectivity index (χ3v) is 3.34. The van der Waals surface area contributed by atoms with E-state index < -0.39 is 5.82 Å². The van der Waals surface area contributed by atoms with Gasteiger partial charge in [0, 0.05) is 17.3 Å². The first-order valence-corrected chi connectivity index (χ1v) is 5.91. The molecule has 2 aromatic rings. The van der Waals surface area contributed by atoms with E-state index in [1.807, 2.05) is 0 Å². The number of ether oxygens (including phenoxy) is 1. The maximum Gasteiger partial charge on any atom is 0.167 e. The summed E-state index contributed by atoms with van der Waals surface area (Å²) in [4.78, 5) is 0. The number of methoxy groups -OCH3 is 1. The molecule has 0 radical (unpaired) electrons. The van der Waals surface area contributed by atoms with Crippen LogP contribution in [0.15, 0.2) is 18.2 Å². The number of nitrogens with zero attached hydrogens (tertiary/aromatic N) is 2. The monoisotopic (exact) mass is 247 g/mol. The number of hydrogen-bond donors (Lipinski definition) is 1. The van der Waals surface area contributed by atoms with Crippen LogP contribution in [-0.2, 0) is 12.8 Å². The van der Waals surface area contributed by atoms with E-state index in [4.69, 9.17) is 10.5 Å². The average molecular weight is 247 g/mol. The minimum atomic E-state index is -0.393. The zero-order valence-electron chi connectivity index (χ0n) is 10.1. The molecule has 0 bridgehead atoms. The van der Waals surface area contributed by atoms with Crippen LogP contribution in [0.5, 0.6) is 5.75 Å². The molecule has 0 atom stereocenters. The van der Waals surface area contributed by atoms with Gasteiger partial charge in [0.25, 0.3) is 0 Å². The van der Waals surface area contributed by atoms with Gasteiger partial charge in [-0.25, -0.2) is 9.07 Å². The maximum atomic E-state index is 13.7. The minimum absolute atomic E-state index is 0.232. The number of nitrogens with two attached hydrogens (primary N) is 1. The van der Waals surface area contributed by atoms with E-state index in [1.54, 1.807) is 16.8 Å². The van der Waals surface area contributed by atoms with Crippen LogP contribution in [0.25, 0.3) is 5.69 Å². The summed E-state index contributed by atoms with van der Waals surface area (Å²) in [5.74, 6) is 0.394. The second-order valence-electron chi connectivity index (χ2n) is 4.39. The third-order valence-electron chi connectivity index (χ3n) is 3.34. The van der Waals surface area contributed by atoms with Gasteiger partial charge < -0.3 is 10.5 Å². The highest BCUT2D eigenvalue weighted by molar-refractivity contribution is 5.50. The lowest BCUT2D eigenvalue weighted by atomic mass is 10.2. The van der Waals surface area contributed by atoms with Crippen LogP contribution in [0, 0.1) is 5.82 Å². The molecule has 0 aliphatic heterocycles. The van der Waals surface area contributed by atoms with Crippen molar-refractivity contribution in [1.82, 2.24) is 9.78 Å². The van der Waals surface area contributed by atoms with Gasteiger partial charge in [0.2, 0.25) is 0 Å². The van der Waals surface area contributed by atoms with Gasteiger partial charge in [-0.15, -0.1) is 0 Å². The highest BCUT2D eigenvalue weighted by atomic mass is 19.1. The largest absolute Gasteiger partial charge is 0.494 e. The van der Waals surface area contributed by atoms with Crippen molar-refractivity contribution >= 4 is 5.82 Å². The van der Waals surface area contributed by atoms with Crippen molar-refractivity contribution < 1.29 is 9.13 Å². The fourth-order valence-corrected chi connectivity index (χ4v) is 2.47. The average Bonchev–Trinajstić information content (AvgIpc) is 2.94. The predicted molar refractivity (Wildman–Crippen MR) is 66.5 cm³/mol. The Morgan fingerprint density at radius 1 is 1.39 bits per heavy atom. The maximum absolute atomic E-state index is 13.7. The zero-order chi connectivity index (χ0) is 12.7. The molecule has 18 heavy (non-hydrogen) atoms. The molecule has 0 unspecified atom stereocenters. The normalized spacial score (nSPS) is 13.7. The van der Waals surface area contributed by atoms with Crippen LogP contribution in [-0.4, -0.2) is 16.9 Å². The summed E-state index contributed by atoms with van der Waals surface area (Å²) in [6.07, 6.45) is 2.98. The number of benzene rings is 1. The zero-order valence-corrected chi connectivity index (χ0v) is 10.1. The molecule has 1 heterocycles. The smallest absolute Gasteiger partial charge is 0.167 e. The molecule has 1 aromatic heterocycles. The van der Waals surface area contributed by atoms with Gasteiger partial charge in [0.05, 0.1) is 12.8 Å². The second-order valence-corrected chi connectivity index (χ2v) is 4.39. The van der Waals surface area contributed by atoms with Crippen LogP contribution in [0.3, 0.4) is 0 Å². The summed E-state index contributed by atoms with van der Waals surface area (Å²) in [5.41, 5.74) is 8.75. The lowest BCUT2D eigenvalue weighted by Gasteiger charge is -2.07. The standard InChI is InChI=1S/C13H14FN3O/c1-18-12-6-5-8(7-10(12)14)17-11-4-2-3-9(11)13(15)16-17/h5-7H,2-4H2,1H3,(H2,15,16). The molecular weight excluding hydrogens is 233 g/mol. The molecule has 0 saturated carbocycles. The summed E-state index contributed by atoms with van der Waals surface area (Å²) in [5, 5.41) is 4.29. The Kier molecular flexibility index (Phi) is 2.47. The number of rotatable bonds is 2. The van der Waals surface area contributed by atoms with Crippen LogP contribution in [0.1, 0.15) is 17.7 Å². The van der Waals surface area contributed by atoms with Crippen molar-refractivity contribution in [2.45, 2.75) is 19.3 Å². The Morgan fingerprint density at radius 2 is 2.22 bits per heavy atom. The van der Waals surface area contributed by atoms with Crippen LogP contribution < -0.4 is 10.5 Å². The first-order valence-electron chi connectivity index (χ1n) is 5.91. The SMILES string of the molecule is COc1ccc(-n2nc(N)c3c2CCC3)cc1F. The molecule has 3 rings (SSSR count). The molecule has 94 valence electrons. The van der Waals surface area contributed by atoms with Crippen LogP contribution in [0.2, 0.25) is 0 Å². The quantitative estimate of drug-likeness (QED) is 0.884. The first kappa shape index (κ1) is 11.1. The van der Waals surface area contributed by atoms with Crippen LogP contribution >= 0.6 is 0 Å². The summed E-state index contributed by atoms with van der Waals surface area (Å²) in [6, 6.07) is 4.81. The summed E-state index contributed by atoms with van der Waals surface area (Å²) in [6.45, 7) is 0. The van der Waals surface area contributed by atoms with Crippen molar-refractivity contribution in [3.05, 3.63) is 35.3 Å². The Hall–Kier alpha value is -2.04. The fraction of sp³-hybridized carbons (Fsp3) is 0.308. The molecule has 1 aliphatic rings. The van der Waals surface area contributed by atoms with E-state index in [9.17, 15) is 4.39 Å². The number of fused-ring (bicyclic) bond motifs is 1. The number of aromatic nitrogens is 2. The van der Waals surface area contributed by atoms with Crippen molar-refractivity contribution in [3.63, 3.8) is 0 Å².